The molecular formula is C18H14N4O5S. The highest BCUT2D eigenvalue weighted by atomic mass is 32.2. The molecule has 2 aromatic rings. The van der Waals surface area contributed by atoms with E-state index in [1.165, 1.54) is 42.7 Å². The summed E-state index contributed by atoms with van der Waals surface area (Å²) in [6.45, 7) is 0.156. The van der Waals surface area contributed by atoms with E-state index in [2.05, 4.69) is 10.3 Å². The molecule has 142 valence electrons. The molecule has 28 heavy (non-hydrogen) atoms. The second-order valence-electron chi connectivity index (χ2n) is 5.67. The van der Waals surface area contributed by atoms with E-state index in [1.54, 1.807) is 12.1 Å². The summed E-state index contributed by atoms with van der Waals surface area (Å²) < 4.78 is 0. The topological polar surface area (TPSA) is 123 Å². The zero-order valence-corrected chi connectivity index (χ0v) is 15.2. The molecule has 0 aliphatic carbocycles. The molecule has 0 spiro atoms. The maximum Gasteiger partial charge on any atom is 0.293 e. The third-order valence-electron chi connectivity index (χ3n) is 3.84. The van der Waals surface area contributed by atoms with Gasteiger partial charge in [-0.1, -0.05) is 0 Å². The highest BCUT2D eigenvalue weighted by molar-refractivity contribution is 8.18. The zero-order chi connectivity index (χ0) is 20.1. The van der Waals surface area contributed by atoms with Crippen molar-refractivity contribution in [2.45, 2.75) is 0 Å². The Morgan fingerprint density at radius 2 is 1.86 bits per heavy atom. The van der Waals surface area contributed by atoms with Gasteiger partial charge in [-0.25, -0.2) is 0 Å². The fourth-order valence-corrected chi connectivity index (χ4v) is 3.29. The number of aromatic nitrogens is 1. The molecule has 0 bridgehead atoms. The maximum atomic E-state index is 12.4. The molecule has 9 nitrogen and oxygen atoms in total. The van der Waals surface area contributed by atoms with Crippen molar-refractivity contribution in [3.05, 3.63) is 74.9 Å². The zero-order valence-electron chi connectivity index (χ0n) is 14.4. The highest BCUT2D eigenvalue weighted by Crippen LogP contribution is 2.32. The smallest absolute Gasteiger partial charge is 0.293 e. The first-order valence-electron chi connectivity index (χ1n) is 8.14. The lowest BCUT2D eigenvalue weighted by Gasteiger charge is -2.12. The first-order chi connectivity index (χ1) is 13.5. The van der Waals surface area contributed by atoms with Gasteiger partial charge in [0.25, 0.3) is 22.7 Å². The normalized spacial score (nSPS) is 15.1. The van der Waals surface area contributed by atoms with Gasteiger partial charge in [-0.2, -0.15) is 0 Å². The lowest BCUT2D eigenvalue weighted by molar-refractivity contribution is -0.384. The average molecular weight is 398 g/mol. The molecule has 3 rings (SSSR count). The summed E-state index contributed by atoms with van der Waals surface area (Å²) in [4.78, 5) is 51.8. The quantitative estimate of drug-likeness (QED) is 0.450. The van der Waals surface area contributed by atoms with Gasteiger partial charge in [-0.3, -0.25) is 34.4 Å². The van der Waals surface area contributed by atoms with E-state index in [0.29, 0.717) is 11.1 Å². The van der Waals surface area contributed by atoms with E-state index in [1.807, 2.05) is 0 Å². The van der Waals surface area contributed by atoms with E-state index in [4.69, 9.17) is 0 Å². The Balaban J connectivity index is 1.60. The van der Waals surface area contributed by atoms with Gasteiger partial charge in [0.1, 0.15) is 0 Å². The number of nitro benzene ring substituents is 1. The minimum absolute atomic E-state index is 0.0408. The number of nitrogens with zero attached hydrogens (tertiary/aromatic N) is 3. The van der Waals surface area contributed by atoms with E-state index < -0.39 is 16.1 Å². The molecule has 10 heteroatoms. The molecule has 1 aliphatic rings. The summed E-state index contributed by atoms with van der Waals surface area (Å²) in [5, 5.41) is 12.9. The van der Waals surface area contributed by atoms with Crippen LogP contribution in [0.15, 0.2) is 53.7 Å². The Morgan fingerprint density at radius 1 is 1.18 bits per heavy atom. The number of hydrogen-bond donors (Lipinski definition) is 1. The molecule has 2 heterocycles. The highest BCUT2D eigenvalue weighted by Gasteiger charge is 2.34. The SMILES string of the molecule is O=C(NCCN1C(=O)S/C(=C/c2ccc([N+](=O)[O-])cc2)C1=O)c1ccncc1. The predicted octanol–water partition coefficient (Wildman–Crippen LogP) is 2.46. The van der Waals surface area contributed by atoms with Gasteiger partial charge >= 0.3 is 0 Å². The standard InChI is InChI=1S/C18H14N4O5S/c23-16(13-5-7-19-8-6-13)20-9-10-21-17(24)15(28-18(21)25)11-12-1-3-14(4-2-12)22(26)27/h1-8,11H,9-10H2,(H,20,23)/b15-11+. The van der Waals surface area contributed by atoms with Crippen LogP contribution in [-0.2, 0) is 4.79 Å². The number of imide groups is 1. The largest absolute Gasteiger partial charge is 0.350 e. The van der Waals surface area contributed by atoms with Crippen molar-refractivity contribution in [3.8, 4) is 0 Å². The van der Waals surface area contributed by atoms with E-state index >= 15 is 0 Å². The van der Waals surface area contributed by atoms with Crippen LogP contribution in [0.5, 0.6) is 0 Å². The number of carbonyl (C=O) groups excluding carboxylic acids is 3. The van der Waals surface area contributed by atoms with Crippen molar-refractivity contribution in [1.82, 2.24) is 15.2 Å². The molecule has 1 saturated heterocycles. The Morgan fingerprint density at radius 3 is 2.50 bits per heavy atom. The van der Waals surface area contributed by atoms with Crippen LogP contribution < -0.4 is 5.32 Å². The minimum atomic E-state index is -0.516. The molecule has 1 fully saturated rings. The van der Waals surface area contributed by atoms with Crippen molar-refractivity contribution >= 4 is 40.6 Å². The number of nitro groups is 1. The third kappa shape index (κ3) is 4.41. The third-order valence-corrected chi connectivity index (χ3v) is 4.75. The van der Waals surface area contributed by atoms with Crippen LogP contribution >= 0.6 is 11.8 Å². The molecule has 0 unspecified atom stereocenters. The number of pyridine rings is 1. The number of thioether (sulfide) groups is 1. The number of rotatable bonds is 6. The van der Waals surface area contributed by atoms with Gasteiger partial charge in [0.15, 0.2) is 0 Å². The van der Waals surface area contributed by atoms with Crippen LogP contribution in [0, 0.1) is 10.1 Å². The number of non-ortho nitro benzene ring substituents is 1. The number of hydrogen-bond acceptors (Lipinski definition) is 7. The molecule has 1 N–H and O–H groups in total. The van der Waals surface area contributed by atoms with Gasteiger partial charge in [-0.05, 0) is 47.7 Å². The number of nitrogens with one attached hydrogen (secondary N) is 1. The van der Waals surface area contributed by atoms with Gasteiger partial charge in [0, 0.05) is 43.2 Å². The molecule has 0 radical (unpaired) electrons. The van der Waals surface area contributed by atoms with E-state index in [9.17, 15) is 24.5 Å². The first-order valence-corrected chi connectivity index (χ1v) is 8.95. The summed E-state index contributed by atoms with van der Waals surface area (Å²) in [6, 6.07) is 8.77. The summed E-state index contributed by atoms with van der Waals surface area (Å²) >= 11 is 0.786. The lowest BCUT2D eigenvalue weighted by Crippen LogP contribution is -2.37. The summed E-state index contributed by atoms with van der Waals surface area (Å²) in [6.07, 6.45) is 4.49. The van der Waals surface area contributed by atoms with Crippen LogP contribution in [0.1, 0.15) is 15.9 Å². The predicted molar refractivity (Wildman–Crippen MR) is 102 cm³/mol. The minimum Gasteiger partial charge on any atom is -0.350 e. The van der Waals surface area contributed by atoms with Gasteiger partial charge in [0.2, 0.25) is 0 Å². The lowest BCUT2D eigenvalue weighted by atomic mass is 10.2. The van der Waals surface area contributed by atoms with Crippen molar-refractivity contribution in [2.24, 2.45) is 0 Å². The molecule has 1 aromatic carbocycles. The van der Waals surface area contributed by atoms with Crippen LogP contribution in [-0.4, -0.2) is 45.0 Å². The number of carbonyl (C=O) groups is 3. The fraction of sp³-hybridized carbons (Fsp3) is 0.111. The Kier molecular flexibility index (Phi) is 5.80. The van der Waals surface area contributed by atoms with Crippen LogP contribution in [0.4, 0.5) is 10.5 Å². The van der Waals surface area contributed by atoms with Gasteiger partial charge < -0.3 is 5.32 Å². The first kappa shape index (κ1) is 19.2. The van der Waals surface area contributed by atoms with Crippen molar-refractivity contribution in [2.75, 3.05) is 13.1 Å². The Hall–Kier alpha value is -3.53. The Labute approximate surface area is 163 Å². The molecule has 3 amide bonds. The monoisotopic (exact) mass is 398 g/mol. The van der Waals surface area contributed by atoms with Gasteiger partial charge in [-0.15, -0.1) is 0 Å². The summed E-state index contributed by atoms with van der Waals surface area (Å²) in [5.74, 6) is -0.790. The second-order valence-corrected chi connectivity index (χ2v) is 6.67. The molecule has 1 aromatic heterocycles. The van der Waals surface area contributed by atoms with Crippen molar-refractivity contribution < 1.29 is 19.3 Å². The number of benzene rings is 1. The second kappa shape index (κ2) is 8.44. The summed E-state index contributed by atoms with van der Waals surface area (Å²) in [5.41, 5.74) is 0.944. The van der Waals surface area contributed by atoms with Crippen LogP contribution in [0.25, 0.3) is 6.08 Å². The van der Waals surface area contributed by atoms with Crippen LogP contribution in [0.3, 0.4) is 0 Å². The fourth-order valence-electron chi connectivity index (χ4n) is 2.42. The van der Waals surface area contributed by atoms with Crippen molar-refractivity contribution in [3.63, 3.8) is 0 Å². The average Bonchev–Trinajstić information content (AvgIpc) is 2.96. The van der Waals surface area contributed by atoms with E-state index in [-0.39, 0.29) is 29.6 Å². The Bertz CT molecular complexity index is 960. The maximum absolute atomic E-state index is 12.4. The van der Waals surface area contributed by atoms with E-state index in [0.717, 1.165) is 16.7 Å². The van der Waals surface area contributed by atoms with Crippen LogP contribution in [0.2, 0.25) is 0 Å². The molecule has 0 saturated carbocycles. The van der Waals surface area contributed by atoms with Gasteiger partial charge in [0.05, 0.1) is 9.83 Å². The number of amides is 3. The molecular weight excluding hydrogens is 384 g/mol. The van der Waals surface area contributed by atoms with Crippen molar-refractivity contribution in [1.29, 1.82) is 0 Å². The molecule has 0 atom stereocenters. The molecule has 1 aliphatic heterocycles. The summed E-state index contributed by atoms with van der Waals surface area (Å²) in [7, 11) is 0.